The first-order chi connectivity index (χ1) is 17.7. The van der Waals surface area contributed by atoms with Gasteiger partial charge in [-0.1, -0.05) is 42.0 Å². The molecule has 3 aromatic rings. The quantitative estimate of drug-likeness (QED) is 0.307. The highest BCUT2D eigenvalue weighted by Crippen LogP contribution is 2.36. The molecular weight excluding hydrogens is 494 g/mol. The highest BCUT2D eigenvalue weighted by Gasteiger charge is 2.38. The zero-order valence-electron chi connectivity index (χ0n) is 21.0. The van der Waals surface area contributed by atoms with Crippen molar-refractivity contribution < 1.29 is 32.2 Å². The van der Waals surface area contributed by atoms with Crippen LogP contribution in [0.2, 0.25) is 0 Å². The summed E-state index contributed by atoms with van der Waals surface area (Å²) >= 11 is 0. The summed E-state index contributed by atoms with van der Waals surface area (Å²) in [5, 5.41) is 0. The molecule has 0 aromatic heterocycles. The van der Waals surface area contributed by atoms with Crippen molar-refractivity contribution in [2.45, 2.75) is 30.7 Å². The second-order valence-electron chi connectivity index (χ2n) is 8.75. The summed E-state index contributed by atoms with van der Waals surface area (Å²) in [5.41, 5.74) is 2.93. The van der Waals surface area contributed by atoms with Gasteiger partial charge in [0.2, 0.25) is 15.8 Å². The molecule has 0 saturated heterocycles. The number of carbonyl (C=O) groups excluding carboxylic acids is 2. The van der Waals surface area contributed by atoms with E-state index in [2.05, 4.69) is 0 Å². The number of hydrogen-bond acceptors (Lipinski definition) is 7. The van der Waals surface area contributed by atoms with Gasteiger partial charge in [0.1, 0.15) is 11.5 Å². The lowest BCUT2D eigenvalue weighted by Crippen LogP contribution is -2.41. The number of methoxy groups -OCH3 is 2. The van der Waals surface area contributed by atoms with Gasteiger partial charge in [0, 0.05) is 12.6 Å². The zero-order valence-corrected chi connectivity index (χ0v) is 21.8. The van der Waals surface area contributed by atoms with E-state index in [-0.39, 0.29) is 23.4 Å². The summed E-state index contributed by atoms with van der Waals surface area (Å²) in [4.78, 5) is 25.8. The van der Waals surface area contributed by atoms with Gasteiger partial charge in [0.25, 0.3) is 0 Å². The van der Waals surface area contributed by atoms with E-state index in [1.165, 1.54) is 18.5 Å². The van der Waals surface area contributed by atoms with Crippen molar-refractivity contribution in [2.75, 3.05) is 27.4 Å². The van der Waals surface area contributed by atoms with E-state index in [0.717, 1.165) is 16.7 Å². The zero-order chi connectivity index (χ0) is 26.6. The number of esters is 1. The van der Waals surface area contributed by atoms with Crippen molar-refractivity contribution in [3.8, 4) is 11.5 Å². The normalized spacial score (nSPS) is 15.5. The van der Waals surface area contributed by atoms with Crippen molar-refractivity contribution in [3.63, 3.8) is 0 Å². The molecule has 3 aromatic carbocycles. The van der Waals surface area contributed by atoms with Crippen LogP contribution in [0.3, 0.4) is 0 Å². The maximum atomic E-state index is 13.6. The van der Waals surface area contributed by atoms with Crippen LogP contribution in [0.25, 0.3) is 0 Å². The maximum absolute atomic E-state index is 13.6. The highest BCUT2D eigenvalue weighted by molar-refractivity contribution is 7.89. The molecule has 1 aliphatic heterocycles. The molecule has 0 bridgehead atoms. The van der Waals surface area contributed by atoms with Gasteiger partial charge in [-0.05, 0) is 48.7 Å². The van der Waals surface area contributed by atoms with E-state index in [4.69, 9.17) is 14.2 Å². The Labute approximate surface area is 216 Å². The molecule has 0 amide bonds. The predicted octanol–water partition coefficient (Wildman–Crippen LogP) is 4.12. The Morgan fingerprint density at radius 2 is 1.70 bits per heavy atom. The van der Waals surface area contributed by atoms with E-state index in [0.29, 0.717) is 17.9 Å². The molecule has 8 nitrogen and oxygen atoms in total. The van der Waals surface area contributed by atoms with Crippen LogP contribution in [-0.4, -0.2) is 51.8 Å². The number of Topliss-reactive ketones (excluding diaryl/α,β-unsaturated/α-hetero) is 1. The maximum Gasteiger partial charge on any atom is 0.308 e. The minimum Gasteiger partial charge on any atom is -0.497 e. The number of benzene rings is 3. The number of fused-ring (bicyclic) bond motifs is 1. The summed E-state index contributed by atoms with van der Waals surface area (Å²) in [6, 6.07) is 18.1. The SMILES string of the molecule is COc1ccc(C(=O)COC(=O)CC2c3ccccc3CCN2S(=O)(=O)c2ccc(C)cc2)c(OC)c1. The topological polar surface area (TPSA) is 99.2 Å². The van der Waals surface area contributed by atoms with Crippen molar-refractivity contribution in [2.24, 2.45) is 0 Å². The Morgan fingerprint density at radius 1 is 0.973 bits per heavy atom. The fourth-order valence-corrected chi connectivity index (χ4v) is 6.05. The van der Waals surface area contributed by atoms with Crippen LogP contribution in [0.4, 0.5) is 0 Å². The van der Waals surface area contributed by atoms with E-state index < -0.39 is 34.4 Å². The average molecular weight is 524 g/mol. The van der Waals surface area contributed by atoms with Crippen molar-refractivity contribution in [3.05, 3.63) is 89.0 Å². The monoisotopic (exact) mass is 523 g/mol. The molecule has 0 aliphatic carbocycles. The van der Waals surface area contributed by atoms with Crippen LogP contribution >= 0.6 is 0 Å². The smallest absolute Gasteiger partial charge is 0.308 e. The number of sulfonamides is 1. The molecule has 9 heteroatoms. The third kappa shape index (κ3) is 5.68. The number of carbonyl (C=O) groups is 2. The van der Waals surface area contributed by atoms with Gasteiger partial charge < -0.3 is 14.2 Å². The number of hydrogen-bond donors (Lipinski definition) is 0. The third-order valence-corrected chi connectivity index (χ3v) is 8.35. The molecule has 37 heavy (non-hydrogen) atoms. The second kappa shape index (κ2) is 11.1. The number of ether oxygens (including phenoxy) is 3. The van der Waals surface area contributed by atoms with Crippen LogP contribution in [0.15, 0.2) is 71.6 Å². The molecule has 1 aliphatic rings. The van der Waals surface area contributed by atoms with Crippen molar-refractivity contribution >= 4 is 21.8 Å². The third-order valence-electron chi connectivity index (χ3n) is 6.42. The molecule has 4 rings (SSSR count). The summed E-state index contributed by atoms with van der Waals surface area (Å²) in [5.74, 6) is -0.291. The van der Waals surface area contributed by atoms with Crippen LogP contribution in [-0.2, 0) is 26.0 Å². The molecule has 0 fully saturated rings. The van der Waals surface area contributed by atoms with Crippen LogP contribution in [0, 0.1) is 6.92 Å². The van der Waals surface area contributed by atoms with Gasteiger partial charge >= 0.3 is 5.97 Å². The largest absolute Gasteiger partial charge is 0.497 e. The summed E-state index contributed by atoms with van der Waals surface area (Å²) in [6.45, 7) is 1.61. The summed E-state index contributed by atoms with van der Waals surface area (Å²) in [6.07, 6.45) is 0.303. The molecule has 1 heterocycles. The number of rotatable bonds is 9. The predicted molar refractivity (Wildman–Crippen MR) is 137 cm³/mol. The van der Waals surface area contributed by atoms with E-state index in [9.17, 15) is 18.0 Å². The Balaban J connectivity index is 1.54. The van der Waals surface area contributed by atoms with Crippen LogP contribution in [0.1, 0.15) is 39.5 Å². The lowest BCUT2D eigenvalue weighted by Gasteiger charge is -2.36. The molecule has 0 spiro atoms. The first-order valence-corrected chi connectivity index (χ1v) is 13.3. The van der Waals surface area contributed by atoms with Crippen LogP contribution < -0.4 is 9.47 Å². The van der Waals surface area contributed by atoms with Crippen molar-refractivity contribution in [1.82, 2.24) is 4.31 Å². The number of ketones is 1. The molecule has 1 unspecified atom stereocenters. The first-order valence-electron chi connectivity index (χ1n) is 11.8. The van der Waals surface area contributed by atoms with Gasteiger partial charge in [-0.15, -0.1) is 0 Å². The number of aryl methyl sites for hydroxylation is 1. The van der Waals surface area contributed by atoms with E-state index in [1.54, 1.807) is 42.5 Å². The Bertz CT molecular complexity index is 1400. The Morgan fingerprint density at radius 3 is 2.41 bits per heavy atom. The lowest BCUT2D eigenvalue weighted by molar-refractivity contribution is -0.143. The average Bonchev–Trinajstić information content (AvgIpc) is 2.91. The molecular formula is C28H29NO7S. The Hall–Kier alpha value is -3.69. The molecule has 0 N–H and O–H groups in total. The first kappa shape index (κ1) is 26.4. The summed E-state index contributed by atoms with van der Waals surface area (Å²) in [7, 11) is -0.941. The second-order valence-corrected chi connectivity index (χ2v) is 10.6. The van der Waals surface area contributed by atoms with E-state index >= 15 is 0 Å². The fourth-order valence-electron chi connectivity index (χ4n) is 4.44. The molecule has 1 atom stereocenters. The Kier molecular flexibility index (Phi) is 7.94. The number of nitrogens with zero attached hydrogens (tertiary/aromatic N) is 1. The minimum absolute atomic E-state index is 0.164. The van der Waals surface area contributed by atoms with Gasteiger partial charge in [-0.2, -0.15) is 4.31 Å². The molecule has 194 valence electrons. The van der Waals surface area contributed by atoms with Gasteiger partial charge in [-0.25, -0.2) is 8.42 Å². The van der Waals surface area contributed by atoms with Crippen molar-refractivity contribution in [1.29, 1.82) is 0 Å². The van der Waals surface area contributed by atoms with Gasteiger partial charge in [0.15, 0.2) is 6.61 Å². The van der Waals surface area contributed by atoms with Crippen LogP contribution in [0.5, 0.6) is 11.5 Å². The molecule has 0 radical (unpaired) electrons. The van der Waals surface area contributed by atoms with Gasteiger partial charge in [0.05, 0.1) is 37.1 Å². The van der Waals surface area contributed by atoms with Gasteiger partial charge in [-0.3, -0.25) is 9.59 Å². The fraction of sp³-hybridized carbons (Fsp3) is 0.286. The molecule has 0 saturated carbocycles. The highest BCUT2D eigenvalue weighted by atomic mass is 32.2. The standard InChI is InChI=1S/C28H29NO7S/c1-19-8-11-22(12-9-19)37(32,33)29-15-14-20-6-4-5-7-23(20)25(29)17-28(31)36-18-26(30)24-13-10-21(34-2)16-27(24)35-3/h4-13,16,25H,14-15,17-18H2,1-3H3. The summed E-state index contributed by atoms with van der Waals surface area (Å²) < 4.78 is 44.2. The lowest BCUT2D eigenvalue weighted by atomic mass is 9.92. The van der Waals surface area contributed by atoms with E-state index in [1.807, 2.05) is 31.2 Å². The minimum atomic E-state index is -3.88.